The van der Waals surface area contributed by atoms with Crippen molar-refractivity contribution in [2.45, 2.75) is 44.9 Å². The number of nitrogens with zero attached hydrogens (tertiary/aromatic N) is 1. The summed E-state index contributed by atoms with van der Waals surface area (Å²) in [5.74, 6) is 0. The first-order valence-corrected chi connectivity index (χ1v) is 4.65. The van der Waals surface area contributed by atoms with Gasteiger partial charge in [0, 0.05) is 19.1 Å². The molecule has 2 unspecified atom stereocenters. The lowest BCUT2D eigenvalue weighted by molar-refractivity contribution is -0.0480. The minimum atomic E-state index is 0.552. The minimum Gasteiger partial charge on any atom is -0.372 e. The number of ether oxygens (including phenoxy) is 1. The molecule has 0 amide bonds. The van der Waals surface area contributed by atoms with E-state index in [0.717, 1.165) is 13.1 Å². The summed E-state index contributed by atoms with van der Waals surface area (Å²) in [5.41, 5.74) is 0. The third-order valence-corrected chi connectivity index (χ3v) is 2.80. The first-order chi connectivity index (χ1) is 5.25. The molecule has 0 aromatic carbocycles. The van der Waals surface area contributed by atoms with Crippen LogP contribution in [0.1, 0.15) is 26.7 Å². The van der Waals surface area contributed by atoms with Crippen LogP contribution in [-0.4, -0.2) is 36.2 Å². The van der Waals surface area contributed by atoms with Crippen LogP contribution in [0.5, 0.6) is 0 Å². The highest BCUT2D eigenvalue weighted by Crippen LogP contribution is 2.26. The standard InChI is InChI=1S/C9H17NO/c1-7(2)10-5-8-3-4-9(6-10)11-8/h7-9H,3-6H2,1-2H3. The van der Waals surface area contributed by atoms with Gasteiger partial charge in [-0.25, -0.2) is 0 Å². The number of hydrogen-bond donors (Lipinski definition) is 0. The van der Waals surface area contributed by atoms with Gasteiger partial charge in [0.25, 0.3) is 0 Å². The largest absolute Gasteiger partial charge is 0.372 e. The Bertz CT molecular complexity index is 134. The fraction of sp³-hybridized carbons (Fsp3) is 1.00. The molecule has 2 aliphatic heterocycles. The van der Waals surface area contributed by atoms with Crippen molar-refractivity contribution in [3.05, 3.63) is 0 Å². The van der Waals surface area contributed by atoms with E-state index in [1.165, 1.54) is 12.8 Å². The Balaban J connectivity index is 1.97. The van der Waals surface area contributed by atoms with Crippen molar-refractivity contribution >= 4 is 0 Å². The summed E-state index contributed by atoms with van der Waals surface area (Å²) in [6.07, 6.45) is 3.68. The zero-order valence-corrected chi connectivity index (χ0v) is 7.42. The van der Waals surface area contributed by atoms with Crippen LogP contribution < -0.4 is 0 Å². The van der Waals surface area contributed by atoms with Crippen LogP contribution in [0.2, 0.25) is 0 Å². The van der Waals surface area contributed by atoms with Crippen LogP contribution in [0.3, 0.4) is 0 Å². The summed E-state index contributed by atoms with van der Waals surface area (Å²) >= 11 is 0. The molecule has 0 saturated carbocycles. The van der Waals surface area contributed by atoms with Gasteiger partial charge in [-0.15, -0.1) is 0 Å². The molecule has 2 atom stereocenters. The number of morpholine rings is 1. The van der Waals surface area contributed by atoms with Crippen LogP contribution in [0.15, 0.2) is 0 Å². The second-order valence-corrected chi connectivity index (χ2v) is 4.01. The van der Waals surface area contributed by atoms with Gasteiger partial charge in [-0.2, -0.15) is 0 Å². The molecule has 2 nitrogen and oxygen atoms in total. The predicted molar refractivity (Wildman–Crippen MR) is 44.6 cm³/mol. The molecule has 2 fully saturated rings. The van der Waals surface area contributed by atoms with E-state index in [-0.39, 0.29) is 0 Å². The SMILES string of the molecule is CC(C)N1CC2CCC(C1)O2. The monoisotopic (exact) mass is 155 g/mol. The number of likely N-dealkylation sites (tertiary alicyclic amines) is 1. The van der Waals surface area contributed by atoms with Crippen LogP contribution in [0, 0.1) is 0 Å². The molecule has 0 spiro atoms. The van der Waals surface area contributed by atoms with Crippen molar-refractivity contribution in [2.24, 2.45) is 0 Å². The van der Waals surface area contributed by atoms with E-state index >= 15 is 0 Å². The Kier molecular flexibility index (Phi) is 1.90. The van der Waals surface area contributed by atoms with Crippen molar-refractivity contribution in [3.63, 3.8) is 0 Å². The molecule has 2 heteroatoms. The Morgan fingerprint density at radius 2 is 1.73 bits per heavy atom. The van der Waals surface area contributed by atoms with Gasteiger partial charge < -0.3 is 4.74 Å². The van der Waals surface area contributed by atoms with E-state index < -0.39 is 0 Å². The average Bonchev–Trinajstić information content (AvgIpc) is 2.30. The molecule has 0 aromatic rings. The van der Waals surface area contributed by atoms with Crippen molar-refractivity contribution in [1.82, 2.24) is 4.90 Å². The topological polar surface area (TPSA) is 12.5 Å². The molecule has 2 bridgehead atoms. The van der Waals surface area contributed by atoms with E-state index in [1.54, 1.807) is 0 Å². The van der Waals surface area contributed by atoms with Gasteiger partial charge in [-0.1, -0.05) is 0 Å². The number of hydrogen-bond acceptors (Lipinski definition) is 2. The zero-order chi connectivity index (χ0) is 7.84. The molecule has 0 aromatic heterocycles. The lowest BCUT2D eigenvalue weighted by atomic mass is 10.2. The van der Waals surface area contributed by atoms with Crippen molar-refractivity contribution < 1.29 is 4.74 Å². The Labute approximate surface area is 68.5 Å². The number of fused-ring (bicyclic) bond motifs is 2. The van der Waals surface area contributed by atoms with Crippen LogP contribution >= 0.6 is 0 Å². The molecule has 2 heterocycles. The third-order valence-electron chi connectivity index (χ3n) is 2.80. The van der Waals surface area contributed by atoms with E-state index in [9.17, 15) is 0 Å². The predicted octanol–water partition coefficient (Wildman–Crippen LogP) is 1.26. The fourth-order valence-electron chi connectivity index (χ4n) is 2.07. The molecule has 0 radical (unpaired) electrons. The van der Waals surface area contributed by atoms with Crippen LogP contribution in [-0.2, 0) is 4.74 Å². The highest BCUT2D eigenvalue weighted by molar-refractivity contribution is 4.85. The number of rotatable bonds is 1. The molecule has 2 rings (SSSR count). The maximum atomic E-state index is 5.74. The Morgan fingerprint density at radius 1 is 1.18 bits per heavy atom. The Morgan fingerprint density at radius 3 is 2.18 bits per heavy atom. The molecule has 2 saturated heterocycles. The summed E-state index contributed by atoms with van der Waals surface area (Å²) in [6, 6.07) is 0.696. The van der Waals surface area contributed by atoms with E-state index in [4.69, 9.17) is 4.74 Å². The highest BCUT2D eigenvalue weighted by atomic mass is 16.5. The first kappa shape index (κ1) is 7.56. The van der Waals surface area contributed by atoms with E-state index in [0.29, 0.717) is 18.2 Å². The van der Waals surface area contributed by atoms with Crippen LogP contribution in [0.25, 0.3) is 0 Å². The van der Waals surface area contributed by atoms with E-state index in [2.05, 4.69) is 18.7 Å². The van der Waals surface area contributed by atoms with Gasteiger partial charge in [0.05, 0.1) is 12.2 Å². The summed E-state index contributed by atoms with van der Waals surface area (Å²) in [4.78, 5) is 2.53. The quantitative estimate of drug-likeness (QED) is 0.565. The normalized spacial score (nSPS) is 38.5. The lowest BCUT2D eigenvalue weighted by Crippen LogP contribution is -2.45. The van der Waals surface area contributed by atoms with Gasteiger partial charge >= 0.3 is 0 Å². The Hall–Kier alpha value is -0.0800. The summed E-state index contributed by atoms with van der Waals surface area (Å²) in [6.45, 7) is 6.86. The van der Waals surface area contributed by atoms with Gasteiger partial charge in [0.1, 0.15) is 0 Å². The van der Waals surface area contributed by atoms with E-state index in [1.807, 2.05) is 0 Å². The van der Waals surface area contributed by atoms with Gasteiger partial charge in [0.2, 0.25) is 0 Å². The smallest absolute Gasteiger partial charge is 0.0707 e. The summed E-state index contributed by atoms with van der Waals surface area (Å²) in [5, 5.41) is 0. The van der Waals surface area contributed by atoms with Crippen molar-refractivity contribution in [2.75, 3.05) is 13.1 Å². The molecule has 0 aliphatic carbocycles. The highest BCUT2D eigenvalue weighted by Gasteiger charge is 2.34. The van der Waals surface area contributed by atoms with Gasteiger partial charge in [-0.3, -0.25) is 4.90 Å². The fourth-order valence-corrected chi connectivity index (χ4v) is 2.07. The minimum absolute atomic E-state index is 0.552. The molecule has 64 valence electrons. The summed E-state index contributed by atoms with van der Waals surface area (Å²) in [7, 11) is 0. The second-order valence-electron chi connectivity index (χ2n) is 4.01. The van der Waals surface area contributed by atoms with Crippen LogP contribution in [0.4, 0.5) is 0 Å². The maximum Gasteiger partial charge on any atom is 0.0707 e. The molecular weight excluding hydrogens is 138 g/mol. The van der Waals surface area contributed by atoms with Gasteiger partial charge in [0.15, 0.2) is 0 Å². The molecule has 0 N–H and O–H groups in total. The third kappa shape index (κ3) is 1.42. The second kappa shape index (κ2) is 2.76. The average molecular weight is 155 g/mol. The van der Waals surface area contributed by atoms with Gasteiger partial charge in [-0.05, 0) is 26.7 Å². The maximum absolute atomic E-state index is 5.74. The molecule has 11 heavy (non-hydrogen) atoms. The van der Waals surface area contributed by atoms with Crippen molar-refractivity contribution in [1.29, 1.82) is 0 Å². The molecule has 2 aliphatic rings. The zero-order valence-electron chi connectivity index (χ0n) is 7.42. The van der Waals surface area contributed by atoms with Crippen molar-refractivity contribution in [3.8, 4) is 0 Å². The lowest BCUT2D eigenvalue weighted by Gasteiger charge is -2.34. The first-order valence-electron chi connectivity index (χ1n) is 4.65. The summed E-state index contributed by atoms with van der Waals surface area (Å²) < 4.78 is 5.74. The molecular formula is C9H17NO.